The highest BCUT2D eigenvalue weighted by atomic mass is 35.5. The van der Waals surface area contributed by atoms with Gasteiger partial charge in [0.2, 0.25) is 11.0 Å². The first-order valence-corrected chi connectivity index (χ1v) is 10.0. The molecule has 2 rings (SSSR count). The standard InChI is InChI=1S/C16H21ClN4O2S2/c1-3-13(11-4-6-12(17)7-5-11)19-14(22)10-24-16-21-20-15(25-16)18-8-9-23-2/h4-7,13H,3,8-10H2,1-2H3,(H,18,20)(H,19,22). The molecule has 0 fully saturated rings. The molecule has 0 bridgehead atoms. The molecule has 1 atom stereocenters. The zero-order chi connectivity index (χ0) is 18.1. The van der Waals surface area contributed by atoms with Gasteiger partial charge in [-0.2, -0.15) is 0 Å². The maximum Gasteiger partial charge on any atom is 0.230 e. The zero-order valence-electron chi connectivity index (χ0n) is 14.1. The molecule has 6 nitrogen and oxygen atoms in total. The number of amides is 1. The van der Waals surface area contributed by atoms with Crippen LogP contribution in [0.3, 0.4) is 0 Å². The normalized spacial score (nSPS) is 12.0. The second-order valence-electron chi connectivity index (χ2n) is 5.16. The molecule has 1 aromatic carbocycles. The number of methoxy groups -OCH3 is 1. The Hall–Kier alpha value is -1.35. The minimum absolute atomic E-state index is 0.0222. The average Bonchev–Trinajstić information content (AvgIpc) is 3.07. The molecule has 2 N–H and O–H groups in total. The monoisotopic (exact) mass is 400 g/mol. The van der Waals surface area contributed by atoms with Gasteiger partial charge in [0, 0.05) is 18.7 Å². The van der Waals surface area contributed by atoms with Crippen molar-refractivity contribution in [3.8, 4) is 0 Å². The molecule has 136 valence electrons. The number of thioether (sulfide) groups is 1. The van der Waals surface area contributed by atoms with Crippen LogP contribution >= 0.6 is 34.7 Å². The van der Waals surface area contributed by atoms with E-state index in [9.17, 15) is 4.79 Å². The van der Waals surface area contributed by atoms with Gasteiger partial charge in [0.25, 0.3) is 0 Å². The predicted molar refractivity (Wildman–Crippen MR) is 104 cm³/mol. The number of hydrogen-bond donors (Lipinski definition) is 2. The average molecular weight is 401 g/mol. The topological polar surface area (TPSA) is 76.1 Å². The van der Waals surface area contributed by atoms with Gasteiger partial charge >= 0.3 is 0 Å². The van der Waals surface area contributed by atoms with E-state index < -0.39 is 0 Å². The summed E-state index contributed by atoms with van der Waals surface area (Å²) in [7, 11) is 1.65. The zero-order valence-corrected chi connectivity index (χ0v) is 16.5. The van der Waals surface area contributed by atoms with Crippen LogP contribution in [0, 0.1) is 0 Å². The minimum atomic E-state index is -0.0316. The molecule has 0 saturated heterocycles. The van der Waals surface area contributed by atoms with Crippen LogP contribution in [0.4, 0.5) is 5.13 Å². The van der Waals surface area contributed by atoms with Crippen molar-refractivity contribution in [3.05, 3.63) is 34.9 Å². The molecule has 2 aromatic rings. The van der Waals surface area contributed by atoms with E-state index in [2.05, 4.69) is 20.8 Å². The number of benzene rings is 1. The summed E-state index contributed by atoms with van der Waals surface area (Å²) in [6.45, 7) is 3.32. The molecule has 0 aliphatic heterocycles. The highest BCUT2D eigenvalue weighted by molar-refractivity contribution is 8.01. The molecule has 1 heterocycles. The van der Waals surface area contributed by atoms with Crippen molar-refractivity contribution < 1.29 is 9.53 Å². The summed E-state index contributed by atoms with van der Waals surface area (Å²) in [5.74, 6) is 0.271. The van der Waals surface area contributed by atoms with Crippen LogP contribution in [-0.4, -0.2) is 42.1 Å². The van der Waals surface area contributed by atoms with E-state index in [4.69, 9.17) is 16.3 Å². The Kier molecular flexibility index (Phi) is 8.47. The lowest BCUT2D eigenvalue weighted by atomic mass is 10.0. The molecule has 25 heavy (non-hydrogen) atoms. The van der Waals surface area contributed by atoms with Crippen LogP contribution in [0.25, 0.3) is 0 Å². The van der Waals surface area contributed by atoms with Crippen LogP contribution < -0.4 is 10.6 Å². The number of nitrogens with one attached hydrogen (secondary N) is 2. The Bertz CT molecular complexity index is 666. The molecule has 1 aromatic heterocycles. The first kappa shape index (κ1) is 20.0. The van der Waals surface area contributed by atoms with E-state index in [1.807, 2.05) is 31.2 Å². The molecular formula is C16H21ClN4O2S2. The quantitative estimate of drug-likeness (QED) is 0.468. The van der Waals surface area contributed by atoms with Gasteiger partial charge in [0.1, 0.15) is 0 Å². The number of halogens is 1. The van der Waals surface area contributed by atoms with Crippen molar-refractivity contribution in [1.82, 2.24) is 15.5 Å². The maximum atomic E-state index is 12.2. The van der Waals surface area contributed by atoms with Crippen LogP contribution in [0.5, 0.6) is 0 Å². The lowest BCUT2D eigenvalue weighted by molar-refractivity contribution is -0.119. The summed E-state index contributed by atoms with van der Waals surface area (Å²) >= 11 is 8.72. The number of aromatic nitrogens is 2. The van der Waals surface area contributed by atoms with Crippen LogP contribution in [0.1, 0.15) is 24.9 Å². The molecule has 0 saturated carbocycles. The number of hydrogen-bond acceptors (Lipinski definition) is 7. The molecule has 0 aliphatic rings. The second-order valence-corrected chi connectivity index (χ2v) is 7.80. The Morgan fingerprint density at radius 3 is 2.80 bits per heavy atom. The summed E-state index contributed by atoms with van der Waals surface area (Å²) in [6, 6.07) is 7.52. The van der Waals surface area contributed by atoms with E-state index >= 15 is 0 Å². The van der Waals surface area contributed by atoms with Gasteiger partial charge < -0.3 is 15.4 Å². The summed E-state index contributed by atoms with van der Waals surface area (Å²) < 4.78 is 5.73. The molecule has 0 spiro atoms. The van der Waals surface area contributed by atoms with Gasteiger partial charge in [-0.05, 0) is 24.1 Å². The van der Waals surface area contributed by atoms with Crippen LogP contribution in [-0.2, 0) is 9.53 Å². The Labute approximate surface area is 160 Å². The third-order valence-corrected chi connectivity index (χ3v) is 5.60. The smallest absolute Gasteiger partial charge is 0.230 e. The van der Waals surface area contributed by atoms with Gasteiger partial charge in [-0.1, -0.05) is 53.8 Å². The fourth-order valence-electron chi connectivity index (χ4n) is 2.08. The Balaban J connectivity index is 1.80. The highest BCUT2D eigenvalue weighted by Gasteiger charge is 2.14. The van der Waals surface area contributed by atoms with Gasteiger partial charge in [-0.3, -0.25) is 4.79 Å². The number of ether oxygens (including phenoxy) is 1. The molecule has 9 heteroatoms. The lowest BCUT2D eigenvalue weighted by Gasteiger charge is -2.17. The minimum Gasteiger partial charge on any atom is -0.383 e. The van der Waals surface area contributed by atoms with Crippen molar-refractivity contribution >= 4 is 45.7 Å². The van der Waals surface area contributed by atoms with Crippen LogP contribution in [0.15, 0.2) is 28.6 Å². The number of carbonyl (C=O) groups excluding carboxylic acids is 1. The molecular weight excluding hydrogens is 380 g/mol. The fraction of sp³-hybridized carbons (Fsp3) is 0.438. The van der Waals surface area contributed by atoms with Crippen molar-refractivity contribution in [1.29, 1.82) is 0 Å². The summed E-state index contributed by atoms with van der Waals surface area (Å²) in [4.78, 5) is 12.2. The number of nitrogens with zero attached hydrogens (tertiary/aromatic N) is 2. The van der Waals surface area contributed by atoms with E-state index in [0.717, 1.165) is 21.5 Å². The maximum absolute atomic E-state index is 12.2. The molecule has 1 amide bonds. The first-order valence-electron chi connectivity index (χ1n) is 7.86. The number of anilines is 1. The number of carbonyl (C=O) groups is 1. The summed E-state index contributed by atoms with van der Waals surface area (Å²) in [5.41, 5.74) is 1.05. The summed E-state index contributed by atoms with van der Waals surface area (Å²) in [6.07, 6.45) is 0.810. The van der Waals surface area contributed by atoms with Crippen molar-refractivity contribution in [2.45, 2.75) is 23.7 Å². The van der Waals surface area contributed by atoms with E-state index in [-0.39, 0.29) is 11.9 Å². The second kappa shape index (κ2) is 10.6. The fourth-order valence-corrected chi connectivity index (χ4v) is 3.79. The largest absolute Gasteiger partial charge is 0.383 e. The van der Waals surface area contributed by atoms with Crippen molar-refractivity contribution in [2.24, 2.45) is 0 Å². The summed E-state index contributed by atoms with van der Waals surface area (Å²) in [5, 5.41) is 15.7. The van der Waals surface area contributed by atoms with E-state index in [0.29, 0.717) is 23.9 Å². The van der Waals surface area contributed by atoms with Gasteiger partial charge in [-0.15, -0.1) is 10.2 Å². The third kappa shape index (κ3) is 6.81. The third-order valence-electron chi connectivity index (χ3n) is 3.33. The van der Waals surface area contributed by atoms with Gasteiger partial charge in [0.15, 0.2) is 4.34 Å². The van der Waals surface area contributed by atoms with E-state index in [1.54, 1.807) is 7.11 Å². The molecule has 1 unspecified atom stereocenters. The molecule has 0 radical (unpaired) electrons. The predicted octanol–water partition coefficient (Wildman–Crippen LogP) is 3.61. The van der Waals surface area contributed by atoms with Crippen LogP contribution in [0.2, 0.25) is 5.02 Å². The SMILES string of the molecule is CCC(NC(=O)CSc1nnc(NCCOC)s1)c1ccc(Cl)cc1. The van der Waals surface area contributed by atoms with Gasteiger partial charge in [-0.25, -0.2) is 0 Å². The van der Waals surface area contributed by atoms with Crippen molar-refractivity contribution in [3.63, 3.8) is 0 Å². The number of rotatable bonds is 10. The Morgan fingerprint density at radius 2 is 2.12 bits per heavy atom. The van der Waals surface area contributed by atoms with Gasteiger partial charge in [0.05, 0.1) is 18.4 Å². The van der Waals surface area contributed by atoms with Crippen molar-refractivity contribution in [2.75, 3.05) is 31.3 Å². The first-order chi connectivity index (χ1) is 12.1. The highest BCUT2D eigenvalue weighted by Crippen LogP contribution is 2.25. The lowest BCUT2D eigenvalue weighted by Crippen LogP contribution is -2.29. The Morgan fingerprint density at radius 1 is 1.36 bits per heavy atom. The van der Waals surface area contributed by atoms with E-state index in [1.165, 1.54) is 23.1 Å². The molecule has 0 aliphatic carbocycles.